The van der Waals surface area contributed by atoms with Crippen LogP contribution in [-0.4, -0.2) is 36.6 Å². The van der Waals surface area contributed by atoms with Crippen molar-refractivity contribution in [3.63, 3.8) is 0 Å². The maximum atomic E-state index is 11.5. The molecule has 0 saturated carbocycles. The Bertz CT molecular complexity index is 502. The van der Waals surface area contributed by atoms with Crippen LogP contribution in [0.2, 0.25) is 0 Å². The number of nitrogens with zero attached hydrogens (tertiary/aromatic N) is 1. The van der Waals surface area contributed by atoms with Crippen molar-refractivity contribution in [2.75, 3.05) is 18.1 Å². The van der Waals surface area contributed by atoms with Gasteiger partial charge in [0.25, 0.3) is 0 Å². The fourth-order valence-electron chi connectivity index (χ4n) is 2.43. The van der Waals surface area contributed by atoms with Gasteiger partial charge in [0.15, 0.2) is 9.84 Å². The van der Waals surface area contributed by atoms with E-state index in [0.717, 1.165) is 10.7 Å². The average Bonchev–Trinajstić information content (AvgIpc) is 2.79. The van der Waals surface area contributed by atoms with Gasteiger partial charge in [-0.15, -0.1) is 11.3 Å². The molecule has 0 aromatic carbocycles. The first kappa shape index (κ1) is 14.0. The highest BCUT2D eigenvalue weighted by molar-refractivity contribution is 7.91. The predicted octanol–water partition coefficient (Wildman–Crippen LogP) is 1.35. The summed E-state index contributed by atoms with van der Waals surface area (Å²) >= 11 is 1.65. The number of aliphatic hydroxyl groups is 1. The van der Waals surface area contributed by atoms with Crippen molar-refractivity contribution in [2.45, 2.75) is 26.7 Å². The molecule has 2 unspecified atom stereocenters. The van der Waals surface area contributed by atoms with Crippen LogP contribution < -0.4 is 0 Å². The summed E-state index contributed by atoms with van der Waals surface area (Å²) in [6.45, 7) is 4.05. The molecular formula is C12H19NO3S2. The second kappa shape index (κ2) is 5.27. The summed E-state index contributed by atoms with van der Waals surface area (Å²) < 4.78 is 23.0. The number of sulfone groups is 1. The number of aliphatic hydroxyl groups excluding tert-OH is 1. The number of thiazole rings is 1. The van der Waals surface area contributed by atoms with E-state index >= 15 is 0 Å². The molecule has 4 nitrogen and oxygen atoms in total. The van der Waals surface area contributed by atoms with Crippen molar-refractivity contribution < 1.29 is 13.5 Å². The SMILES string of the molecule is Cc1nc(CC(CO)C2CCS(=O)(=O)C2)sc1C. The van der Waals surface area contributed by atoms with Crippen LogP contribution in [0.5, 0.6) is 0 Å². The summed E-state index contributed by atoms with van der Waals surface area (Å²) in [6.07, 6.45) is 1.37. The van der Waals surface area contributed by atoms with Gasteiger partial charge in [-0.3, -0.25) is 0 Å². The third kappa shape index (κ3) is 3.10. The Labute approximate surface area is 112 Å². The first-order valence-electron chi connectivity index (χ1n) is 6.15. The van der Waals surface area contributed by atoms with Gasteiger partial charge in [-0.2, -0.15) is 0 Å². The summed E-state index contributed by atoms with van der Waals surface area (Å²) in [5, 5.41) is 10.5. The summed E-state index contributed by atoms with van der Waals surface area (Å²) in [7, 11) is -2.87. The second-order valence-corrected chi connectivity index (χ2v) is 8.58. The van der Waals surface area contributed by atoms with E-state index in [4.69, 9.17) is 0 Å². The standard InChI is InChI=1S/C12H19NO3S2/c1-8-9(2)17-12(13-8)5-11(6-14)10-3-4-18(15,16)7-10/h10-11,14H,3-7H2,1-2H3. The lowest BCUT2D eigenvalue weighted by atomic mass is 9.90. The number of aryl methyl sites for hydroxylation is 2. The lowest BCUT2D eigenvalue weighted by molar-refractivity contribution is 0.184. The van der Waals surface area contributed by atoms with Gasteiger partial charge in [0.1, 0.15) is 0 Å². The second-order valence-electron chi connectivity index (χ2n) is 5.06. The largest absolute Gasteiger partial charge is 0.396 e. The molecule has 1 aromatic rings. The molecule has 2 atom stereocenters. The topological polar surface area (TPSA) is 67.3 Å². The average molecular weight is 289 g/mol. The number of hydrogen-bond acceptors (Lipinski definition) is 5. The fourth-order valence-corrected chi connectivity index (χ4v) is 5.37. The molecule has 2 heterocycles. The highest BCUT2D eigenvalue weighted by atomic mass is 32.2. The van der Waals surface area contributed by atoms with Crippen LogP contribution in [0.15, 0.2) is 0 Å². The molecule has 0 bridgehead atoms. The third-order valence-electron chi connectivity index (χ3n) is 3.68. The normalized spacial score (nSPS) is 24.3. The monoisotopic (exact) mass is 289 g/mol. The third-order valence-corrected chi connectivity index (χ3v) is 6.57. The minimum absolute atomic E-state index is 0.0206. The van der Waals surface area contributed by atoms with Crippen LogP contribution in [-0.2, 0) is 16.3 Å². The lowest BCUT2D eigenvalue weighted by Gasteiger charge is -2.18. The summed E-state index contributed by atoms with van der Waals surface area (Å²) in [5.41, 5.74) is 1.03. The van der Waals surface area contributed by atoms with Crippen LogP contribution in [0.25, 0.3) is 0 Å². The molecule has 1 saturated heterocycles. The van der Waals surface area contributed by atoms with E-state index in [1.807, 2.05) is 13.8 Å². The molecule has 0 spiro atoms. The molecule has 2 rings (SSSR count). The molecule has 6 heteroatoms. The van der Waals surface area contributed by atoms with E-state index < -0.39 is 9.84 Å². The molecule has 1 N–H and O–H groups in total. The smallest absolute Gasteiger partial charge is 0.150 e. The zero-order valence-electron chi connectivity index (χ0n) is 10.7. The van der Waals surface area contributed by atoms with Crippen molar-refractivity contribution in [1.82, 2.24) is 4.98 Å². The maximum Gasteiger partial charge on any atom is 0.150 e. The lowest BCUT2D eigenvalue weighted by Crippen LogP contribution is -2.22. The highest BCUT2D eigenvalue weighted by Crippen LogP contribution is 2.29. The van der Waals surface area contributed by atoms with Crippen molar-refractivity contribution in [3.8, 4) is 0 Å². The van der Waals surface area contributed by atoms with Crippen LogP contribution in [0.4, 0.5) is 0 Å². The van der Waals surface area contributed by atoms with E-state index in [1.165, 1.54) is 4.88 Å². The summed E-state index contributed by atoms with van der Waals surface area (Å²) in [6, 6.07) is 0. The zero-order chi connectivity index (χ0) is 13.3. The van der Waals surface area contributed by atoms with E-state index in [2.05, 4.69) is 4.98 Å². The van der Waals surface area contributed by atoms with Gasteiger partial charge in [-0.1, -0.05) is 0 Å². The summed E-state index contributed by atoms with van der Waals surface area (Å²) in [5.74, 6) is 0.600. The van der Waals surface area contributed by atoms with Gasteiger partial charge in [0.05, 0.1) is 22.2 Å². The van der Waals surface area contributed by atoms with Crippen molar-refractivity contribution in [3.05, 3.63) is 15.6 Å². The van der Waals surface area contributed by atoms with Gasteiger partial charge in [-0.25, -0.2) is 13.4 Å². The van der Waals surface area contributed by atoms with E-state index in [-0.39, 0.29) is 29.9 Å². The van der Waals surface area contributed by atoms with Gasteiger partial charge in [0, 0.05) is 17.9 Å². The molecule has 1 aliphatic rings. The molecular weight excluding hydrogens is 270 g/mol. The van der Waals surface area contributed by atoms with Crippen molar-refractivity contribution in [1.29, 1.82) is 0 Å². The Morgan fingerprint density at radius 3 is 2.67 bits per heavy atom. The van der Waals surface area contributed by atoms with E-state index in [0.29, 0.717) is 12.8 Å². The molecule has 18 heavy (non-hydrogen) atoms. The fraction of sp³-hybridized carbons (Fsp3) is 0.750. The van der Waals surface area contributed by atoms with Gasteiger partial charge in [-0.05, 0) is 32.1 Å². The van der Waals surface area contributed by atoms with E-state index in [9.17, 15) is 13.5 Å². The van der Waals surface area contributed by atoms with Crippen LogP contribution >= 0.6 is 11.3 Å². The Balaban J connectivity index is 2.06. The number of aromatic nitrogens is 1. The van der Waals surface area contributed by atoms with Gasteiger partial charge < -0.3 is 5.11 Å². The highest BCUT2D eigenvalue weighted by Gasteiger charge is 2.33. The Kier molecular flexibility index (Phi) is 4.08. The van der Waals surface area contributed by atoms with E-state index in [1.54, 1.807) is 11.3 Å². The molecule has 0 aliphatic carbocycles. The van der Waals surface area contributed by atoms with Crippen molar-refractivity contribution >= 4 is 21.2 Å². The van der Waals surface area contributed by atoms with Crippen LogP contribution in [0, 0.1) is 25.7 Å². The Morgan fingerprint density at radius 1 is 1.50 bits per heavy atom. The zero-order valence-corrected chi connectivity index (χ0v) is 12.4. The number of rotatable bonds is 4. The molecule has 1 aliphatic heterocycles. The molecule has 0 radical (unpaired) electrons. The van der Waals surface area contributed by atoms with Crippen molar-refractivity contribution in [2.24, 2.45) is 11.8 Å². The Hall–Kier alpha value is -0.460. The Morgan fingerprint density at radius 2 is 2.22 bits per heavy atom. The first-order chi connectivity index (χ1) is 8.41. The summed E-state index contributed by atoms with van der Waals surface area (Å²) in [4.78, 5) is 5.66. The molecule has 1 fully saturated rings. The minimum Gasteiger partial charge on any atom is -0.396 e. The minimum atomic E-state index is -2.87. The predicted molar refractivity (Wildman–Crippen MR) is 72.6 cm³/mol. The quantitative estimate of drug-likeness (QED) is 0.908. The molecule has 1 aromatic heterocycles. The number of hydrogen-bond donors (Lipinski definition) is 1. The van der Waals surface area contributed by atoms with Gasteiger partial charge >= 0.3 is 0 Å². The molecule has 0 amide bonds. The van der Waals surface area contributed by atoms with Crippen LogP contribution in [0.3, 0.4) is 0 Å². The maximum absolute atomic E-state index is 11.5. The molecule has 102 valence electrons. The van der Waals surface area contributed by atoms with Crippen LogP contribution in [0.1, 0.15) is 22.0 Å². The van der Waals surface area contributed by atoms with Gasteiger partial charge in [0.2, 0.25) is 0 Å². The first-order valence-corrected chi connectivity index (χ1v) is 8.79.